The zero-order valence-corrected chi connectivity index (χ0v) is 12.3. The zero-order valence-electron chi connectivity index (χ0n) is 10.6. The van der Waals surface area contributed by atoms with E-state index in [-0.39, 0.29) is 5.91 Å². The first-order valence-corrected chi connectivity index (χ1v) is 6.65. The normalized spacial score (nSPS) is 9.90. The lowest BCUT2D eigenvalue weighted by molar-refractivity contribution is 0.102. The van der Waals surface area contributed by atoms with Gasteiger partial charge in [-0.2, -0.15) is 5.26 Å². The fraction of sp³-hybridized carbons (Fsp3) is 0.0667. The van der Waals surface area contributed by atoms with Crippen molar-refractivity contribution in [2.45, 2.75) is 11.8 Å². The van der Waals surface area contributed by atoms with Crippen LogP contribution in [0.4, 0.5) is 5.69 Å². The second kappa shape index (κ2) is 6.00. The summed E-state index contributed by atoms with van der Waals surface area (Å²) < 4.78 is 0. The number of rotatable bonds is 2. The highest BCUT2D eigenvalue weighted by Crippen LogP contribution is 2.23. The molecule has 0 fully saturated rings. The Morgan fingerprint density at radius 2 is 2.10 bits per heavy atom. The second-order valence-electron chi connectivity index (χ2n) is 4.23. The largest absolute Gasteiger partial charge is 0.321 e. The minimum atomic E-state index is -0.368. The van der Waals surface area contributed by atoms with Gasteiger partial charge in [-0.1, -0.05) is 23.7 Å². The number of hydrogen-bond acceptors (Lipinski definition) is 3. The Labute approximate surface area is 127 Å². The molecule has 0 aliphatic carbocycles. The van der Waals surface area contributed by atoms with Crippen LogP contribution < -0.4 is 5.32 Å². The summed E-state index contributed by atoms with van der Waals surface area (Å²) in [5, 5.41) is 12.2. The van der Waals surface area contributed by atoms with Crippen LogP contribution in [-0.2, 0) is 0 Å². The number of amides is 1. The molecule has 0 saturated heterocycles. The van der Waals surface area contributed by atoms with E-state index in [0.29, 0.717) is 26.7 Å². The topological polar surface area (TPSA) is 52.9 Å². The van der Waals surface area contributed by atoms with Gasteiger partial charge in [0.15, 0.2) is 0 Å². The van der Waals surface area contributed by atoms with Gasteiger partial charge in [0.25, 0.3) is 5.91 Å². The monoisotopic (exact) mass is 302 g/mol. The number of nitrogens with one attached hydrogen (secondary N) is 1. The number of halogens is 1. The molecule has 0 spiro atoms. The van der Waals surface area contributed by atoms with Crippen molar-refractivity contribution in [3.05, 3.63) is 58.1 Å². The van der Waals surface area contributed by atoms with E-state index >= 15 is 0 Å². The van der Waals surface area contributed by atoms with Gasteiger partial charge in [-0.3, -0.25) is 4.79 Å². The molecular weight excluding hydrogens is 292 g/mol. The maximum atomic E-state index is 12.2. The molecule has 1 amide bonds. The highest BCUT2D eigenvalue weighted by molar-refractivity contribution is 7.80. The van der Waals surface area contributed by atoms with Gasteiger partial charge in [-0.05, 0) is 36.8 Å². The van der Waals surface area contributed by atoms with Gasteiger partial charge in [0.1, 0.15) is 6.07 Å². The molecule has 1 N–H and O–H groups in total. The predicted octanol–water partition coefficient (Wildman–Crippen LogP) is 4.06. The Kier molecular flexibility index (Phi) is 4.33. The van der Waals surface area contributed by atoms with Crippen molar-refractivity contribution in [2.24, 2.45) is 0 Å². The number of nitrogens with zero attached hydrogens (tertiary/aromatic N) is 1. The lowest BCUT2D eigenvalue weighted by atomic mass is 10.1. The summed E-state index contributed by atoms with van der Waals surface area (Å²) >= 11 is 10.2. The summed E-state index contributed by atoms with van der Waals surface area (Å²) in [6.07, 6.45) is 0. The number of carbonyl (C=O) groups excluding carboxylic acids is 1. The molecule has 0 aliphatic rings. The molecule has 2 aromatic rings. The van der Waals surface area contributed by atoms with E-state index in [1.54, 1.807) is 30.3 Å². The van der Waals surface area contributed by atoms with Crippen molar-refractivity contribution < 1.29 is 4.79 Å². The molecule has 5 heteroatoms. The molecule has 0 atom stereocenters. The van der Waals surface area contributed by atoms with Gasteiger partial charge >= 0.3 is 0 Å². The molecule has 0 saturated carbocycles. The Morgan fingerprint density at radius 3 is 2.80 bits per heavy atom. The van der Waals surface area contributed by atoms with Crippen LogP contribution in [0.25, 0.3) is 0 Å². The maximum Gasteiger partial charge on any atom is 0.257 e. The van der Waals surface area contributed by atoms with Crippen molar-refractivity contribution >= 4 is 35.8 Å². The van der Waals surface area contributed by atoms with Crippen LogP contribution >= 0.6 is 24.2 Å². The van der Waals surface area contributed by atoms with Gasteiger partial charge in [-0.25, -0.2) is 0 Å². The molecule has 0 bridgehead atoms. The number of hydrogen-bond donors (Lipinski definition) is 2. The molecule has 0 heterocycles. The van der Waals surface area contributed by atoms with Crippen LogP contribution in [0.1, 0.15) is 21.5 Å². The number of benzene rings is 2. The Balaban J connectivity index is 2.36. The number of aryl methyl sites for hydroxylation is 1. The summed E-state index contributed by atoms with van der Waals surface area (Å²) in [7, 11) is 0. The smallest absolute Gasteiger partial charge is 0.257 e. The van der Waals surface area contributed by atoms with E-state index in [1.165, 1.54) is 0 Å². The number of thiol groups is 1. The summed E-state index contributed by atoms with van der Waals surface area (Å²) in [4.78, 5) is 12.9. The minimum absolute atomic E-state index is 0.324. The van der Waals surface area contributed by atoms with Gasteiger partial charge in [-0.15, -0.1) is 12.6 Å². The van der Waals surface area contributed by atoms with Crippen LogP contribution in [-0.4, -0.2) is 5.91 Å². The molecule has 2 rings (SSSR count). The molecule has 0 radical (unpaired) electrons. The molecule has 0 aromatic heterocycles. The SMILES string of the molecule is Cc1cccc(NC(=O)c2cc(S)ccc2Cl)c1C#N. The molecule has 100 valence electrons. The third kappa shape index (κ3) is 2.96. The number of nitriles is 1. The Bertz CT molecular complexity index is 722. The summed E-state index contributed by atoms with van der Waals surface area (Å²) in [5.41, 5.74) is 2.04. The zero-order chi connectivity index (χ0) is 14.7. The third-order valence-electron chi connectivity index (χ3n) is 2.83. The van der Waals surface area contributed by atoms with Crippen LogP contribution in [0.3, 0.4) is 0 Å². The van der Waals surface area contributed by atoms with Crippen LogP contribution in [0.2, 0.25) is 5.02 Å². The molecule has 0 unspecified atom stereocenters. The predicted molar refractivity (Wildman–Crippen MR) is 82.6 cm³/mol. The van der Waals surface area contributed by atoms with Crippen LogP contribution in [0, 0.1) is 18.3 Å². The second-order valence-corrected chi connectivity index (χ2v) is 5.15. The fourth-order valence-corrected chi connectivity index (χ4v) is 2.20. The van der Waals surface area contributed by atoms with E-state index in [4.69, 9.17) is 16.9 Å². The van der Waals surface area contributed by atoms with Crippen LogP contribution in [0.5, 0.6) is 0 Å². The maximum absolute atomic E-state index is 12.2. The quantitative estimate of drug-likeness (QED) is 0.822. The number of anilines is 1. The van der Waals surface area contributed by atoms with E-state index in [0.717, 1.165) is 5.56 Å². The lowest BCUT2D eigenvalue weighted by Gasteiger charge is -2.10. The first-order chi connectivity index (χ1) is 9.52. The molecule has 0 aliphatic heterocycles. The van der Waals surface area contributed by atoms with E-state index in [2.05, 4.69) is 24.0 Å². The first-order valence-electron chi connectivity index (χ1n) is 5.82. The highest BCUT2D eigenvalue weighted by Gasteiger charge is 2.13. The van der Waals surface area contributed by atoms with Crippen LogP contribution in [0.15, 0.2) is 41.3 Å². The first kappa shape index (κ1) is 14.4. The lowest BCUT2D eigenvalue weighted by Crippen LogP contribution is -2.13. The molecule has 2 aromatic carbocycles. The summed E-state index contributed by atoms with van der Waals surface area (Å²) in [5.74, 6) is -0.368. The number of carbonyl (C=O) groups is 1. The molecule has 20 heavy (non-hydrogen) atoms. The Morgan fingerprint density at radius 1 is 1.35 bits per heavy atom. The Hall–Kier alpha value is -1.96. The van der Waals surface area contributed by atoms with Gasteiger partial charge < -0.3 is 5.32 Å². The fourth-order valence-electron chi connectivity index (χ4n) is 1.80. The van der Waals surface area contributed by atoms with Crippen molar-refractivity contribution in [2.75, 3.05) is 5.32 Å². The average Bonchev–Trinajstić information content (AvgIpc) is 2.41. The third-order valence-corrected chi connectivity index (χ3v) is 3.44. The average molecular weight is 303 g/mol. The van der Waals surface area contributed by atoms with E-state index in [9.17, 15) is 4.79 Å². The highest BCUT2D eigenvalue weighted by atomic mass is 35.5. The summed E-state index contributed by atoms with van der Waals surface area (Å²) in [6.45, 7) is 1.82. The molecule has 3 nitrogen and oxygen atoms in total. The van der Waals surface area contributed by atoms with Gasteiger partial charge in [0.2, 0.25) is 0 Å². The van der Waals surface area contributed by atoms with Crippen molar-refractivity contribution in [1.82, 2.24) is 0 Å². The van der Waals surface area contributed by atoms with Crippen molar-refractivity contribution in [3.63, 3.8) is 0 Å². The standard InChI is InChI=1S/C15H11ClN2OS/c1-9-3-2-4-14(12(9)8-17)18-15(19)11-7-10(20)5-6-13(11)16/h2-7,20H,1H3,(H,18,19). The van der Waals surface area contributed by atoms with Gasteiger partial charge in [0, 0.05) is 4.90 Å². The van der Waals surface area contributed by atoms with E-state index in [1.807, 2.05) is 13.0 Å². The van der Waals surface area contributed by atoms with Crippen molar-refractivity contribution in [3.8, 4) is 6.07 Å². The summed E-state index contributed by atoms with van der Waals surface area (Å²) in [6, 6.07) is 12.3. The van der Waals surface area contributed by atoms with Crippen molar-refractivity contribution in [1.29, 1.82) is 5.26 Å². The van der Waals surface area contributed by atoms with E-state index < -0.39 is 0 Å². The molecular formula is C15H11ClN2OS. The van der Waals surface area contributed by atoms with Gasteiger partial charge in [0.05, 0.1) is 21.8 Å². The minimum Gasteiger partial charge on any atom is -0.321 e.